The van der Waals surface area contributed by atoms with Crippen molar-refractivity contribution in [3.8, 4) is 5.75 Å². The fraction of sp³-hybridized carbons (Fsp3) is 0.632. The van der Waals surface area contributed by atoms with Gasteiger partial charge in [-0.2, -0.15) is 11.8 Å². The van der Waals surface area contributed by atoms with Gasteiger partial charge in [-0.25, -0.2) is 4.99 Å². The van der Waals surface area contributed by atoms with Crippen LogP contribution in [-0.2, 0) is 11.3 Å². The topological polar surface area (TPSA) is 46.1 Å². The molecule has 0 bridgehead atoms. The fourth-order valence-corrected chi connectivity index (χ4v) is 3.86. The van der Waals surface area contributed by atoms with Crippen molar-refractivity contribution in [1.29, 1.82) is 0 Å². The Morgan fingerprint density at radius 1 is 1.28 bits per heavy atom. The molecule has 1 heterocycles. The molecule has 1 saturated heterocycles. The number of benzene rings is 1. The van der Waals surface area contributed by atoms with Crippen LogP contribution < -0.4 is 10.1 Å². The quantitative estimate of drug-likeness (QED) is 0.436. The van der Waals surface area contributed by atoms with Crippen molar-refractivity contribution in [1.82, 2.24) is 10.2 Å². The summed E-state index contributed by atoms with van der Waals surface area (Å²) >= 11 is 2.08. The molecule has 1 N–H and O–H groups in total. The number of aliphatic imine (C=N–C) groups is 1. The highest BCUT2D eigenvalue weighted by molar-refractivity contribution is 8.00. The molecular weight excluding hydrogens is 334 g/mol. The lowest BCUT2D eigenvalue weighted by Crippen LogP contribution is -2.48. The van der Waals surface area contributed by atoms with E-state index in [-0.39, 0.29) is 0 Å². The lowest BCUT2D eigenvalue weighted by molar-refractivity contribution is 0.146. The summed E-state index contributed by atoms with van der Waals surface area (Å²) in [5.41, 5.74) is 1.19. The number of hydrogen-bond donors (Lipinski definition) is 1. The van der Waals surface area contributed by atoms with E-state index < -0.39 is 0 Å². The average Bonchev–Trinajstić information content (AvgIpc) is 2.66. The minimum absolute atomic E-state index is 0.574. The molecule has 1 unspecified atom stereocenters. The summed E-state index contributed by atoms with van der Waals surface area (Å²) in [6.07, 6.45) is 1.21. The maximum atomic E-state index is 5.60. The van der Waals surface area contributed by atoms with Crippen LogP contribution in [0.25, 0.3) is 0 Å². The number of methoxy groups -OCH3 is 1. The van der Waals surface area contributed by atoms with Gasteiger partial charge in [-0.15, -0.1) is 0 Å². The molecule has 6 heteroatoms. The number of hydrogen-bond acceptors (Lipinski definition) is 4. The summed E-state index contributed by atoms with van der Waals surface area (Å²) in [6.45, 7) is 9.29. The summed E-state index contributed by atoms with van der Waals surface area (Å²) in [5, 5.41) is 4.15. The van der Waals surface area contributed by atoms with Gasteiger partial charge < -0.3 is 19.7 Å². The zero-order chi connectivity index (χ0) is 17.9. The summed E-state index contributed by atoms with van der Waals surface area (Å²) in [7, 11) is 1.68. The van der Waals surface area contributed by atoms with Crippen molar-refractivity contribution in [2.24, 2.45) is 4.99 Å². The van der Waals surface area contributed by atoms with Crippen molar-refractivity contribution in [2.45, 2.75) is 32.1 Å². The van der Waals surface area contributed by atoms with Crippen LogP contribution in [0.3, 0.4) is 0 Å². The van der Waals surface area contributed by atoms with E-state index >= 15 is 0 Å². The molecule has 1 aromatic rings. The van der Waals surface area contributed by atoms with Gasteiger partial charge in [-0.05, 0) is 31.0 Å². The SMILES string of the molecule is CCNC(=NCc1ccc(OCCOC)cc1)N1CCSC(CC)C1. The highest BCUT2D eigenvalue weighted by Crippen LogP contribution is 2.21. The average molecular weight is 366 g/mol. The van der Waals surface area contributed by atoms with Gasteiger partial charge in [0.2, 0.25) is 0 Å². The van der Waals surface area contributed by atoms with Crippen LogP contribution in [0.1, 0.15) is 25.8 Å². The number of nitrogens with one attached hydrogen (secondary N) is 1. The predicted molar refractivity (Wildman–Crippen MR) is 107 cm³/mol. The second kappa shape index (κ2) is 11.3. The zero-order valence-corrected chi connectivity index (χ0v) is 16.5. The Labute approximate surface area is 156 Å². The summed E-state index contributed by atoms with van der Waals surface area (Å²) in [6, 6.07) is 8.16. The van der Waals surface area contributed by atoms with E-state index in [4.69, 9.17) is 14.5 Å². The van der Waals surface area contributed by atoms with Crippen LogP contribution in [0.2, 0.25) is 0 Å². The molecule has 1 aliphatic heterocycles. The molecule has 5 nitrogen and oxygen atoms in total. The Morgan fingerprint density at radius 3 is 2.76 bits per heavy atom. The van der Waals surface area contributed by atoms with Crippen LogP contribution in [0.15, 0.2) is 29.3 Å². The molecule has 1 atom stereocenters. The number of nitrogens with zero attached hydrogens (tertiary/aromatic N) is 2. The number of ether oxygens (including phenoxy) is 2. The number of guanidine groups is 1. The number of rotatable bonds is 8. The predicted octanol–water partition coefficient (Wildman–Crippen LogP) is 3.00. The van der Waals surface area contributed by atoms with Gasteiger partial charge in [0.1, 0.15) is 12.4 Å². The van der Waals surface area contributed by atoms with Gasteiger partial charge >= 0.3 is 0 Å². The molecular formula is C19H31N3O2S. The van der Waals surface area contributed by atoms with E-state index in [2.05, 4.69) is 48.0 Å². The van der Waals surface area contributed by atoms with Crippen molar-refractivity contribution >= 4 is 17.7 Å². The molecule has 0 aromatic heterocycles. The minimum atomic E-state index is 0.574. The first-order valence-electron chi connectivity index (χ1n) is 9.12. The molecule has 0 saturated carbocycles. The molecule has 0 spiro atoms. The molecule has 1 aromatic carbocycles. The van der Waals surface area contributed by atoms with Crippen LogP contribution >= 0.6 is 11.8 Å². The van der Waals surface area contributed by atoms with Crippen LogP contribution in [0, 0.1) is 0 Å². The molecule has 0 radical (unpaired) electrons. The van der Waals surface area contributed by atoms with Crippen molar-refractivity contribution in [3.05, 3.63) is 29.8 Å². The molecule has 25 heavy (non-hydrogen) atoms. The van der Waals surface area contributed by atoms with Crippen LogP contribution in [-0.4, -0.2) is 61.8 Å². The van der Waals surface area contributed by atoms with E-state index in [0.29, 0.717) is 25.0 Å². The maximum Gasteiger partial charge on any atom is 0.194 e. The van der Waals surface area contributed by atoms with Crippen LogP contribution in [0.4, 0.5) is 0 Å². The highest BCUT2D eigenvalue weighted by atomic mass is 32.2. The van der Waals surface area contributed by atoms with E-state index in [1.54, 1.807) is 7.11 Å². The standard InChI is InChI=1S/C19H31N3O2S/c1-4-18-15-22(10-13-25-18)19(20-5-2)21-14-16-6-8-17(9-7-16)24-12-11-23-3/h6-9,18H,4-5,10-15H2,1-3H3,(H,20,21). The molecule has 1 aliphatic rings. The molecule has 2 rings (SSSR count). The third kappa shape index (κ3) is 6.78. The van der Waals surface area contributed by atoms with E-state index in [9.17, 15) is 0 Å². The first-order chi connectivity index (χ1) is 12.3. The van der Waals surface area contributed by atoms with E-state index in [0.717, 1.165) is 31.3 Å². The van der Waals surface area contributed by atoms with Gasteiger partial charge in [0.05, 0.1) is 13.2 Å². The van der Waals surface area contributed by atoms with Crippen molar-refractivity contribution in [2.75, 3.05) is 45.7 Å². The highest BCUT2D eigenvalue weighted by Gasteiger charge is 2.21. The monoisotopic (exact) mass is 365 g/mol. The smallest absolute Gasteiger partial charge is 0.194 e. The lowest BCUT2D eigenvalue weighted by atomic mass is 10.2. The third-order valence-electron chi connectivity index (χ3n) is 4.12. The van der Waals surface area contributed by atoms with Gasteiger partial charge in [-0.1, -0.05) is 19.1 Å². The molecule has 140 valence electrons. The van der Waals surface area contributed by atoms with Gasteiger partial charge in [0.25, 0.3) is 0 Å². The molecule has 0 amide bonds. The number of thioether (sulfide) groups is 1. The Kier molecular flexibility index (Phi) is 8.97. The summed E-state index contributed by atoms with van der Waals surface area (Å²) in [5.74, 6) is 3.08. The van der Waals surface area contributed by atoms with Gasteiger partial charge in [0, 0.05) is 37.7 Å². The zero-order valence-electron chi connectivity index (χ0n) is 15.7. The van der Waals surface area contributed by atoms with Gasteiger partial charge in [0.15, 0.2) is 5.96 Å². The largest absolute Gasteiger partial charge is 0.491 e. The summed E-state index contributed by atoms with van der Waals surface area (Å²) < 4.78 is 10.6. The van der Waals surface area contributed by atoms with Crippen molar-refractivity contribution < 1.29 is 9.47 Å². The summed E-state index contributed by atoms with van der Waals surface area (Å²) in [4.78, 5) is 7.24. The van der Waals surface area contributed by atoms with E-state index in [1.807, 2.05) is 12.1 Å². The Balaban J connectivity index is 1.93. The second-order valence-corrected chi connectivity index (χ2v) is 7.41. The lowest BCUT2D eigenvalue weighted by Gasteiger charge is -2.34. The maximum absolute atomic E-state index is 5.60. The van der Waals surface area contributed by atoms with Crippen LogP contribution in [0.5, 0.6) is 5.75 Å². The Hall–Kier alpha value is -1.40. The fourth-order valence-electron chi connectivity index (χ4n) is 2.68. The third-order valence-corrected chi connectivity index (χ3v) is 5.49. The minimum Gasteiger partial charge on any atom is -0.491 e. The normalized spacial score (nSPS) is 18.3. The Morgan fingerprint density at radius 2 is 2.08 bits per heavy atom. The van der Waals surface area contributed by atoms with Gasteiger partial charge in [-0.3, -0.25) is 0 Å². The molecule has 0 aliphatic carbocycles. The van der Waals surface area contributed by atoms with E-state index in [1.165, 1.54) is 17.7 Å². The first kappa shape index (κ1) is 19.9. The molecule has 1 fully saturated rings. The first-order valence-corrected chi connectivity index (χ1v) is 10.2. The van der Waals surface area contributed by atoms with Crippen molar-refractivity contribution in [3.63, 3.8) is 0 Å². The Bertz CT molecular complexity index is 522. The second-order valence-electron chi connectivity index (χ2n) is 6.00.